The van der Waals surface area contributed by atoms with Crippen LogP contribution in [-0.2, 0) is 15.6 Å². The van der Waals surface area contributed by atoms with Crippen molar-refractivity contribution < 1.29 is 14.3 Å². The first-order valence-electron chi connectivity index (χ1n) is 8.19. The molecule has 128 valence electrons. The Hall–Kier alpha value is -0.710. The lowest BCUT2D eigenvalue weighted by Crippen LogP contribution is -2.47. The summed E-state index contributed by atoms with van der Waals surface area (Å²) in [5, 5.41) is 0.512. The van der Waals surface area contributed by atoms with Gasteiger partial charge in [0, 0.05) is 16.5 Å². The van der Waals surface area contributed by atoms with Crippen LogP contribution in [-0.4, -0.2) is 41.9 Å². The van der Waals surface area contributed by atoms with Crippen LogP contribution in [0.25, 0.3) is 0 Å². The molecule has 0 radical (unpaired) electrons. The first-order valence-corrected chi connectivity index (χ1v) is 10.1. The molecule has 1 aromatic carbocycles. The van der Waals surface area contributed by atoms with E-state index in [1.54, 1.807) is 6.07 Å². The minimum Gasteiger partial charge on any atom is -0.492 e. The van der Waals surface area contributed by atoms with Gasteiger partial charge in [-0.2, -0.15) is 0 Å². The molecule has 1 heterocycles. The van der Waals surface area contributed by atoms with Crippen LogP contribution in [0.2, 0.25) is 5.02 Å². The van der Waals surface area contributed by atoms with Crippen molar-refractivity contribution in [3.8, 4) is 5.75 Å². The molecule has 0 unspecified atom stereocenters. The van der Waals surface area contributed by atoms with Gasteiger partial charge < -0.3 is 9.47 Å². The van der Waals surface area contributed by atoms with E-state index in [2.05, 4.69) is 6.92 Å². The molecule has 0 saturated carbocycles. The number of carbonyl (C=O) groups excluding carboxylic acids is 1. The largest absolute Gasteiger partial charge is 0.492 e. The molecule has 1 aliphatic rings. The Morgan fingerprint density at radius 1 is 1.35 bits per heavy atom. The summed E-state index contributed by atoms with van der Waals surface area (Å²) in [6, 6.07) is 5.40. The van der Waals surface area contributed by atoms with Gasteiger partial charge in [-0.05, 0) is 38.5 Å². The highest BCUT2D eigenvalue weighted by Gasteiger charge is 2.46. The van der Waals surface area contributed by atoms with Gasteiger partial charge in [0.1, 0.15) is 17.3 Å². The summed E-state index contributed by atoms with van der Waals surface area (Å²) in [4.78, 5) is 13.0. The number of rotatable bonds is 7. The molecular formula is C18H26ClO3S+. The summed E-state index contributed by atoms with van der Waals surface area (Å²) in [6.07, 6.45) is 2.07. The van der Waals surface area contributed by atoms with Crippen molar-refractivity contribution in [1.82, 2.24) is 0 Å². The van der Waals surface area contributed by atoms with Gasteiger partial charge in [0.15, 0.2) is 4.75 Å². The maximum atomic E-state index is 13.0. The Balaban J connectivity index is 2.10. The lowest BCUT2D eigenvalue weighted by atomic mass is 10.00. The summed E-state index contributed by atoms with van der Waals surface area (Å²) >= 11 is 6.29. The number of Topliss-reactive ketones (excluding diaryl/α,β-unsaturated/α-hetero) is 1. The molecule has 0 atom stereocenters. The Labute approximate surface area is 147 Å². The zero-order valence-electron chi connectivity index (χ0n) is 14.2. The number of carbonyl (C=O) groups is 1. The van der Waals surface area contributed by atoms with Crippen molar-refractivity contribution in [3.05, 3.63) is 28.8 Å². The van der Waals surface area contributed by atoms with E-state index in [-0.39, 0.29) is 21.4 Å². The Kier molecular flexibility index (Phi) is 6.81. The van der Waals surface area contributed by atoms with Gasteiger partial charge >= 0.3 is 0 Å². The quantitative estimate of drug-likeness (QED) is 0.418. The second-order valence-electron chi connectivity index (χ2n) is 6.20. The third kappa shape index (κ3) is 4.65. The van der Waals surface area contributed by atoms with Gasteiger partial charge in [0.25, 0.3) is 0 Å². The second kappa shape index (κ2) is 8.41. The van der Waals surface area contributed by atoms with E-state index >= 15 is 0 Å². The highest BCUT2D eigenvalue weighted by molar-refractivity contribution is 7.99. The van der Waals surface area contributed by atoms with Crippen LogP contribution in [0.4, 0.5) is 0 Å². The SMILES string of the molecule is CCCCOc1ccc(C(=O)C(C)(C)[S+]2CCOCC2)cc1Cl. The summed E-state index contributed by atoms with van der Waals surface area (Å²) in [5.41, 5.74) is 0.668. The minimum atomic E-state index is -0.377. The number of ether oxygens (including phenoxy) is 2. The van der Waals surface area contributed by atoms with Crippen LogP contribution in [0.1, 0.15) is 44.0 Å². The maximum Gasteiger partial charge on any atom is 0.217 e. The summed E-state index contributed by atoms with van der Waals surface area (Å²) in [7, 11) is 0.0475. The van der Waals surface area contributed by atoms with E-state index < -0.39 is 0 Å². The Bertz CT molecular complexity index is 539. The van der Waals surface area contributed by atoms with E-state index in [0.717, 1.165) is 37.6 Å². The third-order valence-corrected chi connectivity index (χ3v) is 7.41. The summed E-state index contributed by atoms with van der Waals surface area (Å²) in [5.74, 6) is 2.74. The smallest absolute Gasteiger partial charge is 0.217 e. The van der Waals surface area contributed by atoms with Gasteiger partial charge in [-0.25, -0.2) is 0 Å². The highest BCUT2D eigenvalue weighted by Crippen LogP contribution is 2.31. The number of unbranched alkanes of at least 4 members (excludes halogenated alkanes) is 1. The van der Waals surface area contributed by atoms with Crippen LogP contribution >= 0.6 is 11.6 Å². The molecular weight excluding hydrogens is 332 g/mol. The average Bonchev–Trinajstić information content (AvgIpc) is 2.56. The molecule has 1 aromatic rings. The lowest BCUT2D eigenvalue weighted by Gasteiger charge is -2.27. The summed E-state index contributed by atoms with van der Waals surface area (Å²) in [6.45, 7) is 8.37. The van der Waals surface area contributed by atoms with Gasteiger partial charge in [-0.3, -0.25) is 4.79 Å². The van der Waals surface area contributed by atoms with Crippen LogP contribution in [0.3, 0.4) is 0 Å². The minimum absolute atomic E-state index is 0.0475. The average molecular weight is 358 g/mol. The van der Waals surface area contributed by atoms with Crippen molar-refractivity contribution in [2.45, 2.75) is 38.4 Å². The molecule has 0 N–H and O–H groups in total. The molecule has 23 heavy (non-hydrogen) atoms. The topological polar surface area (TPSA) is 35.5 Å². The van der Waals surface area contributed by atoms with Crippen LogP contribution in [0.5, 0.6) is 5.75 Å². The molecule has 0 aliphatic carbocycles. The fourth-order valence-electron chi connectivity index (χ4n) is 2.60. The first-order chi connectivity index (χ1) is 11.0. The molecule has 0 amide bonds. The molecule has 0 aromatic heterocycles. The zero-order valence-corrected chi connectivity index (χ0v) is 15.8. The highest BCUT2D eigenvalue weighted by atomic mass is 35.5. The van der Waals surface area contributed by atoms with E-state index in [1.807, 2.05) is 26.0 Å². The molecule has 1 saturated heterocycles. The van der Waals surface area contributed by atoms with E-state index in [4.69, 9.17) is 21.1 Å². The predicted octanol–water partition coefficient (Wildman–Crippen LogP) is 4.13. The van der Waals surface area contributed by atoms with E-state index in [9.17, 15) is 4.79 Å². The Morgan fingerprint density at radius 2 is 2.04 bits per heavy atom. The molecule has 1 fully saturated rings. The number of benzene rings is 1. The van der Waals surface area contributed by atoms with Crippen LogP contribution in [0.15, 0.2) is 18.2 Å². The second-order valence-corrected chi connectivity index (χ2v) is 9.43. The predicted molar refractivity (Wildman–Crippen MR) is 98.2 cm³/mol. The molecule has 5 heteroatoms. The van der Waals surface area contributed by atoms with Crippen LogP contribution in [0, 0.1) is 0 Å². The normalized spacial score (nSPS) is 16.3. The molecule has 2 rings (SSSR count). The number of ketones is 1. The molecule has 1 aliphatic heterocycles. The van der Waals surface area contributed by atoms with Gasteiger partial charge in [0.05, 0.1) is 24.8 Å². The first kappa shape index (κ1) is 18.6. The zero-order chi connectivity index (χ0) is 16.9. The fourth-order valence-corrected chi connectivity index (χ4v) is 5.08. The maximum absolute atomic E-state index is 13.0. The van der Waals surface area contributed by atoms with Crippen molar-refractivity contribution >= 4 is 28.3 Å². The van der Waals surface area contributed by atoms with Gasteiger partial charge in [0.2, 0.25) is 5.78 Å². The van der Waals surface area contributed by atoms with Crippen molar-refractivity contribution in [2.24, 2.45) is 0 Å². The third-order valence-electron chi connectivity index (χ3n) is 4.17. The number of halogens is 1. The van der Waals surface area contributed by atoms with E-state index in [0.29, 0.717) is 22.9 Å². The van der Waals surface area contributed by atoms with Gasteiger partial charge in [-0.1, -0.05) is 24.9 Å². The number of hydrogen-bond acceptors (Lipinski definition) is 3. The molecule has 0 bridgehead atoms. The summed E-state index contributed by atoms with van der Waals surface area (Å²) < 4.78 is 10.7. The number of hydrogen-bond donors (Lipinski definition) is 0. The van der Waals surface area contributed by atoms with E-state index in [1.165, 1.54) is 0 Å². The van der Waals surface area contributed by atoms with Crippen molar-refractivity contribution in [2.75, 3.05) is 31.3 Å². The van der Waals surface area contributed by atoms with Crippen molar-refractivity contribution in [1.29, 1.82) is 0 Å². The lowest BCUT2D eigenvalue weighted by molar-refractivity contribution is 0.0954. The van der Waals surface area contributed by atoms with Crippen molar-refractivity contribution in [3.63, 3.8) is 0 Å². The van der Waals surface area contributed by atoms with Crippen LogP contribution < -0.4 is 4.74 Å². The van der Waals surface area contributed by atoms with Gasteiger partial charge in [-0.15, -0.1) is 0 Å². The Morgan fingerprint density at radius 3 is 2.65 bits per heavy atom. The molecule has 3 nitrogen and oxygen atoms in total. The monoisotopic (exact) mass is 357 g/mol. The molecule has 0 spiro atoms. The standard InChI is InChI=1S/C18H26ClO3S/c1-4-5-8-22-16-7-6-14(13-15(16)19)17(20)18(2,3)23-11-9-21-10-12-23/h6-7,13H,4-5,8-12H2,1-3H3/q+1. The fraction of sp³-hybridized carbons (Fsp3) is 0.611.